The van der Waals surface area contributed by atoms with E-state index in [2.05, 4.69) is 17.1 Å². The normalized spacial score (nSPS) is 20.4. The molecule has 1 aliphatic heterocycles. The number of nitrogens with zero attached hydrogens (tertiary/aromatic N) is 3. The van der Waals surface area contributed by atoms with Gasteiger partial charge in [-0.25, -0.2) is 0 Å². The molecule has 0 aliphatic carbocycles. The Hall–Kier alpha value is -1.63. The maximum absolute atomic E-state index is 12.5. The molecule has 0 bridgehead atoms. The van der Waals surface area contributed by atoms with Gasteiger partial charge in [-0.15, -0.1) is 10.2 Å². The number of likely N-dealkylation sites (tertiary alicyclic amines) is 1. The van der Waals surface area contributed by atoms with E-state index in [1.807, 2.05) is 24.3 Å². The molecular formula is C17H19ClN4OS. The fourth-order valence-electron chi connectivity index (χ4n) is 2.65. The van der Waals surface area contributed by atoms with E-state index in [1.165, 1.54) is 11.8 Å². The van der Waals surface area contributed by atoms with Crippen LogP contribution in [-0.2, 0) is 0 Å². The first-order valence-corrected chi connectivity index (χ1v) is 8.96. The lowest BCUT2D eigenvalue weighted by Crippen LogP contribution is -2.34. The van der Waals surface area contributed by atoms with E-state index in [0.29, 0.717) is 35.4 Å². The van der Waals surface area contributed by atoms with Crippen molar-refractivity contribution in [2.75, 3.05) is 19.6 Å². The van der Waals surface area contributed by atoms with Gasteiger partial charge in [-0.2, -0.15) is 0 Å². The number of benzene rings is 1. The predicted octanol–water partition coefficient (Wildman–Crippen LogP) is 3.09. The summed E-state index contributed by atoms with van der Waals surface area (Å²) in [5, 5.41) is 9.60. The molecule has 1 unspecified atom stereocenters. The van der Waals surface area contributed by atoms with Crippen LogP contribution in [0.15, 0.2) is 46.3 Å². The molecule has 1 amide bonds. The number of hydrogen-bond acceptors (Lipinski definition) is 5. The number of amides is 1. The highest BCUT2D eigenvalue weighted by Crippen LogP contribution is 2.32. The van der Waals surface area contributed by atoms with Crippen molar-refractivity contribution in [2.45, 2.75) is 23.3 Å². The summed E-state index contributed by atoms with van der Waals surface area (Å²) in [7, 11) is 0. The third kappa shape index (κ3) is 3.71. The Labute approximate surface area is 150 Å². The lowest BCUT2D eigenvalue weighted by molar-refractivity contribution is 0.0769. The topological polar surface area (TPSA) is 72.1 Å². The van der Waals surface area contributed by atoms with Gasteiger partial charge in [0, 0.05) is 18.0 Å². The predicted molar refractivity (Wildman–Crippen MR) is 95.3 cm³/mol. The second kappa shape index (κ2) is 7.09. The molecule has 1 aromatic carbocycles. The largest absolute Gasteiger partial charge is 0.337 e. The average molecular weight is 363 g/mol. The minimum atomic E-state index is -0.0889. The zero-order valence-electron chi connectivity index (χ0n) is 13.4. The SMILES string of the molecule is CC1(CN)CCN(C(=O)c2ccc(Sc3ccccc3Cl)nn2)C1. The summed E-state index contributed by atoms with van der Waals surface area (Å²) in [6.45, 7) is 4.07. The summed E-state index contributed by atoms with van der Waals surface area (Å²) in [6.07, 6.45) is 0.920. The second-order valence-corrected chi connectivity index (χ2v) is 7.75. The molecule has 2 heterocycles. The third-order valence-electron chi connectivity index (χ3n) is 4.25. The van der Waals surface area contributed by atoms with Crippen molar-refractivity contribution >= 4 is 29.3 Å². The van der Waals surface area contributed by atoms with Crippen molar-refractivity contribution < 1.29 is 4.79 Å². The quantitative estimate of drug-likeness (QED) is 0.904. The summed E-state index contributed by atoms with van der Waals surface area (Å²) >= 11 is 7.57. The molecular weight excluding hydrogens is 344 g/mol. The molecule has 0 spiro atoms. The van der Waals surface area contributed by atoms with Gasteiger partial charge in [-0.3, -0.25) is 4.79 Å². The van der Waals surface area contributed by atoms with E-state index < -0.39 is 0 Å². The highest BCUT2D eigenvalue weighted by atomic mass is 35.5. The number of carbonyl (C=O) groups is 1. The fraction of sp³-hybridized carbons (Fsp3) is 0.353. The Morgan fingerprint density at radius 3 is 2.75 bits per heavy atom. The zero-order chi connectivity index (χ0) is 17.2. The van der Waals surface area contributed by atoms with Crippen LogP contribution >= 0.6 is 23.4 Å². The highest BCUT2D eigenvalue weighted by Gasteiger charge is 2.35. The number of hydrogen-bond donors (Lipinski definition) is 1. The lowest BCUT2D eigenvalue weighted by atomic mass is 9.90. The molecule has 24 heavy (non-hydrogen) atoms. The zero-order valence-corrected chi connectivity index (χ0v) is 15.0. The van der Waals surface area contributed by atoms with Crippen LogP contribution in [0, 0.1) is 5.41 Å². The van der Waals surface area contributed by atoms with Crippen molar-refractivity contribution in [3.63, 3.8) is 0 Å². The number of carbonyl (C=O) groups excluding carboxylic acids is 1. The fourth-order valence-corrected chi connectivity index (χ4v) is 3.66. The summed E-state index contributed by atoms with van der Waals surface area (Å²) in [5.41, 5.74) is 6.16. The van der Waals surface area contributed by atoms with Gasteiger partial charge in [-0.05, 0) is 42.6 Å². The van der Waals surface area contributed by atoms with E-state index in [-0.39, 0.29) is 11.3 Å². The van der Waals surface area contributed by atoms with Gasteiger partial charge in [0.15, 0.2) is 5.69 Å². The molecule has 1 saturated heterocycles. The van der Waals surface area contributed by atoms with Crippen LogP contribution in [0.5, 0.6) is 0 Å². The molecule has 2 aromatic rings. The lowest BCUT2D eigenvalue weighted by Gasteiger charge is -2.22. The van der Waals surface area contributed by atoms with Gasteiger partial charge in [0.25, 0.3) is 5.91 Å². The first-order chi connectivity index (χ1) is 11.5. The monoisotopic (exact) mass is 362 g/mol. The summed E-state index contributed by atoms with van der Waals surface area (Å²) in [4.78, 5) is 15.2. The van der Waals surface area contributed by atoms with Crippen molar-refractivity contribution in [3.05, 3.63) is 47.1 Å². The first kappa shape index (κ1) is 17.2. The Morgan fingerprint density at radius 2 is 2.12 bits per heavy atom. The van der Waals surface area contributed by atoms with Crippen molar-refractivity contribution in [2.24, 2.45) is 11.1 Å². The highest BCUT2D eigenvalue weighted by molar-refractivity contribution is 7.99. The molecule has 2 N–H and O–H groups in total. The van der Waals surface area contributed by atoms with Crippen molar-refractivity contribution in [1.29, 1.82) is 0 Å². The molecule has 0 saturated carbocycles. The van der Waals surface area contributed by atoms with E-state index in [9.17, 15) is 4.79 Å². The Balaban J connectivity index is 1.69. The maximum Gasteiger partial charge on any atom is 0.274 e. The number of nitrogens with two attached hydrogens (primary N) is 1. The molecule has 1 atom stereocenters. The number of rotatable bonds is 4. The van der Waals surface area contributed by atoms with Gasteiger partial charge in [0.05, 0.1) is 5.02 Å². The Morgan fingerprint density at radius 1 is 1.33 bits per heavy atom. The molecule has 1 fully saturated rings. The van der Waals surface area contributed by atoms with Gasteiger partial charge in [0.1, 0.15) is 5.03 Å². The molecule has 1 aromatic heterocycles. The van der Waals surface area contributed by atoms with Gasteiger partial charge < -0.3 is 10.6 Å². The van der Waals surface area contributed by atoms with E-state index in [1.54, 1.807) is 17.0 Å². The van der Waals surface area contributed by atoms with Crippen LogP contribution in [0.4, 0.5) is 0 Å². The van der Waals surface area contributed by atoms with Gasteiger partial charge in [-0.1, -0.05) is 42.4 Å². The smallest absolute Gasteiger partial charge is 0.274 e. The second-order valence-electron chi connectivity index (χ2n) is 6.28. The Kier molecular flexibility index (Phi) is 5.08. The van der Waals surface area contributed by atoms with Crippen LogP contribution in [0.2, 0.25) is 5.02 Å². The van der Waals surface area contributed by atoms with Gasteiger partial charge >= 0.3 is 0 Å². The summed E-state index contributed by atoms with van der Waals surface area (Å²) in [5.74, 6) is -0.0889. The van der Waals surface area contributed by atoms with Crippen LogP contribution in [0.1, 0.15) is 23.8 Å². The summed E-state index contributed by atoms with van der Waals surface area (Å²) in [6, 6.07) is 11.1. The molecule has 3 rings (SSSR count). The molecule has 0 radical (unpaired) electrons. The minimum Gasteiger partial charge on any atom is -0.337 e. The molecule has 7 heteroatoms. The number of halogens is 1. The van der Waals surface area contributed by atoms with E-state index in [4.69, 9.17) is 17.3 Å². The van der Waals surface area contributed by atoms with Gasteiger partial charge in [0.2, 0.25) is 0 Å². The van der Waals surface area contributed by atoms with Crippen LogP contribution in [0.25, 0.3) is 0 Å². The molecule has 5 nitrogen and oxygen atoms in total. The van der Waals surface area contributed by atoms with Crippen LogP contribution in [-0.4, -0.2) is 40.6 Å². The maximum atomic E-state index is 12.5. The van der Waals surface area contributed by atoms with E-state index >= 15 is 0 Å². The average Bonchev–Trinajstić information content (AvgIpc) is 3.00. The number of aromatic nitrogens is 2. The standard InChI is InChI=1S/C17H19ClN4OS/c1-17(10-19)8-9-22(11-17)16(23)13-6-7-15(21-20-13)24-14-5-3-2-4-12(14)18/h2-7H,8-11,19H2,1H3. The summed E-state index contributed by atoms with van der Waals surface area (Å²) < 4.78 is 0. The Bertz CT molecular complexity index is 740. The van der Waals surface area contributed by atoms with Crippen LogP contribution < -0.4 is 5.73 Å². The first-order valence-electron chi connectivity index (χ1n) is 7.76. The molecule has 126 valence electrons. The van der Waals surface area contributed by atoms with Crippen molar-refractivity contribution in [1.82, 2.24) is 15.1 Å². The van der Waals surface area contributed by atoms with Crippen LogP contribution in [0.3, 0.4) is 0 Å². The minimum absolute atomic E-state index is 0.00292. The molecule has 1 aliphatic rings. The van der Waals surface area contributed by atoms with E-state index in [0.717, 1.165) is 11.3 Å². The van der Waals surface area contributed by atoms with Crippen molar-refractivity contribution in [3.8, 4) is 0 Å². The third-order valence-corrected chi connectivity index (χ3v) is 5.69.